The highest BCUT2D eigenvalue weighted by atomic mass is 32.1. The largest absolute Gasteiger partial charge is 0.376 e. The molecule has 1 saturated carbocycles. The maximum absolute atomic E-state index is 5.97. The lowest BCUT2D eigenvalue weighted by molar-refractivity contribution is -0.0344. The van der Waals surface area contributed by atoms with Crippen molar-refractivity contribution in [1.82, 2.24) is 5.32 Å². The molecule has 1 aliphatic rings. The molecular weight excluding hydrogens is 254 g/mol. The van der Waals surface area contributed by atoms with Gasteiger partial charge in [0.05, 0.1) is 11.6 Å². The summed E-state index contributed by atoms with van der Waals surface area (Å²) in [5.41, 5.74) is 1.35. The van der Waals surface area contributed by atoms with Crippen LogP contribution in [0.4, 0.5) is 0 Å². The Balaban J connectivity index is 2.09. The molecule has 2 nitrogen and oxygen atoms in total. The maximum Gasteiger partial charge on any atom is 0.0872 e. The van der Waals surface area contributed by atoms with Crippen molar-refractivity contribution in [2.45, 2.75) is 37.3 Å². The summed E-state index contributed by atoms with van der Waals surface area (Å²) in [5.74, 6) is 0. The number of hydrogen-bond donors (Lipinski definition) is 1. The van der Waals surface area contributed by atoms with E-state index in [4.69, 9.17) is 4.74 Å². The van der Waals surface area contributed by atoms with Gasteiger partial charge in [-0.3, -0.25) is 0 Å². The first-order valence-corrected chi connectivity index (χ1v) is 7.87. The predicted molar refractivity (Wildman–Crippen MR) is 81.8 cm³/mol. The van der Waals surface area contributed by atoms with Crippen LogP contribution in [0.3, 0.4) is 0 Å². The summed E-state index contributed by atoms with van der Waals surface area (Å²) in [7, 11) is 3.92. The third kappa shape index (κ3) is 2.10. The predicted octanol–water partition coefficient (Wildman–Crippen LogP) is 4.12. The van der Waals surface area contributed by atoms with E-state index in [9.17, 15) is 0 Å². The summed E-state index contributed by atoms with van der Waals surface area (Å²) >= 11 is 1.83. The Hall–Kier alpha value is -0.900. The van der Waals surface area contributed by atoms with E-state index in [0.29, 0.717) is 0 Å². The molecule has 0 bridgehead atoms. The summed E-state index contributed by atoms with van der Waals surface area (Å²) in [6, 6.07) is 9.08. The molecule has 1 aromatic carbocycles. The fourth-order valence-corrected chi connectivity index (χ4v) is 4.47. The molecule has 1 aliphatic carbocycles. The third-order valence-corrected chi connectivity index (χ3v) is 5.47. The lowest BCUT2D eigenvalue weighted by Crippen LogP contribution is -2.42. The van der Waals surface area contributed by atoms with Crippen LogP contribution in [0.1, 0.15) is 37.3 Å². The van der Waals surface area contributed by atoms with E-state index >= 15 is 0 Å². The van der Waals surface area contributed by atoms with Crippen LogP contribution in [-0.4, -0.2) is 19.8 Å². The number of rotatable bonds is 4. The van der Waals surface area contributed by atoms with Crippen LogP contribution in [0, 0.1) is 0 Å². The lowest BCUT2D eigenvalue weighted by Gasteiger charge is -2.36. The normalized spacial score (nSPS) is 19.9. The number of benzene rings is 1. The van der Waals surface area contributed by atoms with Crippen molar-refractivity contribution in [2.24, 2.45) is 0 Å². The number of nitrogens with one attached hydrogen (secondary N) is 1. The molecule has 0 aliphatic heterocycles. The second-order valence-electron chi connectivity index (χ2n) is 5.38. The number of fused-ring (bicyclic) bond motifs is 1. The Bertz CT molecular complexity index is 557. The summed E-state index contributed by atoms with van der Waals surface area (Å²) < 4.78 is 7.37. The SMILES string of the molecule is CNC(c1cccc2ccsc12)C1(OC)CCCC1. The highest BCUT2D eigenvalue weighted by Crippen LogP contribution is 2.44. The van der Waals surface area contributed by atoms with Crippen LogP contribution in [0.25, 0.3) is 10.1 Å². The topological polar surface area (TPSA) is 21.3 Å². The van der Waals surface area contributed by atoms with Gasteiger partial charge in [-0.05, 0) is 42.3 Å². The van der Waals surface area contributed by atoms with Gasteiger partial charge in [0.1, 0.15) is 0 Å². The van der Waals surface area contributed by atoms with Gasteiger partial charge in [0.25, 0.3) is 0 Å². The molecule has 1 unspecified atom stereocenters. The molecule has 1 N–H and O–H groups in total. The van der Waals surface area contributed by atoms with E-state index in [0.717, 1.165) is 12.8 Å². The first-order valence-electron chi connectivity index (χ1n) is 6.99. The number of hydrogen-bond acceptors (Lipinski definition) is 3. The Morgan fingerprint density at radius 1 is 1.26 bits per heavy atom. The van der Waals surface area contributed by atoms with Crippen molar-refractivity contribution in [3.8, 4) is 0 Å². The second-order valence-corrected chi connectivity index (χ2v) is 6.30. The minimum atomic E-state index is -0.0347. The van der Waals surface area contributed by atoms with Crippen LogP contribution >= 0.6 is 11.3 Å². The molecule has 0 saturated heterocycles. The Labute approximate surface area is 118 Å². The zero-order valence-electron chi connectivity index (χ0n) is 11.6. The summed E-state index contributed by atoms with van der Waals surface area (Å²) in [5, 5.41) is 7.03. The standard InChI is InChI=1S/C16H21NOS/c1-17-15(16(18-2)9-3-4-10-16)13-7-5-6-12-8-11-19-14(12)13/h5-8,11,15,17H,3-4,9-10H2,1-2H3. The number of methoxy groups -OCH3 is 1. The van der Waals surface area contributed by atoms with Gasteiger partial charge in [0.2, 0.25) is 0 Å². The van der Waals surface area contributed by atoms with Gasteiger partial charge in [-0.15, -0.1) is 11.3 Å². The molecule has 0 amide bonds. The molecule has 2 aromatic rings. The van der Waals surface area contributed by atoms with Crippen LogP contribution in [-0.2, 0) is 4.74 Å². The van der Waals surface area contributed by atoms with Crippen LogP contribution in [0.5, 0.6) is 0 Å². The first kappa shape index (κ1) is 13.1. The fraction of sp³-hybridized carbons (Fsp3) is 0.500. The van der Waals surface area contributed by atoms with Gasteiger partial charge in [-0.25, -0.2) is 0 Å². The summed E-state index contributed by atoms with van der Waals surface area (Å²) in [4.78, 5) is 0. The van der Waals surface area contributed by atoms with Crippen molar-refractivity contribution >= 4 is 21.4 Å². The number of likely N-dealkylation sites (N-methyl/N-ethyl adjacent to an activating group) is 1. The molecule has 3 heteroatoms. The van der Waals surface area contributed by atoms with Crippen molar-refractivity contribution in [3.05, 3.63) is 35.2 Å². The summed E-state index contributed by atoms with van der Waals surface area (Å²) in [6.45, 7) is 0. The van der Waals surface area contributed by atoms with Crippen molar-refractivity contribution in [2.75, 3.05) is 14.2 Å². The monoisotopic (exact) mass is 275 g/mol. The second kappa shape index (κ2) is 5.23. The molecule has 0 spiro atoms. The van der Waals surface area contributed by atoms with Gasteiger partial charge in [0.15, 0.2) is 0 Å². The van der Waals surface area contributed by atoms with Crippen molar-refractivity contribution in [1.29, 1.82) is 0 Å². The van der Waals surface area contributed by atoms with Gasteiger partial charge in [0, 0.05) is 11.8 Å². The molecule has 1 fully saturated rings. The van der Waals surface area contributed by atoms with Gasteiger partial charge in [-0.2, -0.15) is 0 Å². The van der Waals surface area contributed by atoms with Crippen molar-refractivity contribution < 1.29 is 4.74 Å². The molecule has 0 radical (unpaired) electrons. The maximum atomic E-state index is 5.97. The zero-order chi connectivity index (χ0) is 13.3. The molecule has 1 atom stereocenters. The Kier molecular flexibility index (Phi) is 3.61. The Morgan fingerprint density at radius 2 is 2.05 bits per heavy atom. The average Bonchev–Trinajstić information content (AvgIpc) is 3.09. The van der Waals surface area contributed by atoms with Gasteiger partial charge in [-0.1, -0.05) is 31.0 Å². The molecule has 1 heterocycles. The third-order valence-electron chi connectivity index (χ3n) is 4.49. The van der Waals surface area contributed by atoms with Gasteiger partial charge >= 0.3 is 0 Å². The highest BCUT2D eigenvalue weighted by Gasteiger charge is 2.42. The molecule has 102 valence electrons. The van der Waals surface area contributed by atoms with Crippen LogP contribution in [0.2, 0.25) is 0 Å². The van der Waals surface area contributed by atoms with E-state index in [1.165, 1.54) is 28.5 Å². The lowest BCUT2D eigenvalue weighted by atomic mass is 9.86. The van der Waals surface area contributed by atoms with E-state index in [1.807, 2.05) is 18.4 Å². The van der Waals surface area contributed by atoms with E-state index in [2.05, 4.69) is 42.0 Å². The van der Waals surface area contributed by atoms with E-state index in [-0.39, 0.29) is 11.6 Å². The summed E-state index contributed by atoms with van der Waals surface area (Å²) in [6.07, 6.45) is 4.84. The number of ether oxygens (including phenoxy) is 1. The Morgan fingerprint density at radius 3 is 2.74 bits per heavy atom. The number of thiophene rings is 1. The highest BCUT2D eigenvalue weighted by molar-refractivity contribution is 7.17. The smallest absolute Gasteiger partial charge is 0.0872 e. The molecule has 3 rings (SSSR count). The average molecular weight is 275 g/mol. The minimum absolute atomic E-state index is 0.0347. The quantitative estimate of drug-likeness (QED) is 0.906. The molecular formula is C16H21NOS. The minimum Gasteiger partial charge on any atom is -0.376 e. The van der Waals surface area contributed by atoms with E-state index in [1.54, 1.807) is 0 Å². The van der Waals surface area contributed by atoms with Crippen LogP contribution < -0.4 is 5.32 Å². The van der Waals surface area contributed by atoms with Gasteiger partial charge < -0.3 is 10.1 Å². The fourth-order valence-electron chi connectivity index (χ4n) is 3.53. The van der Waals surface area contributed by atoms with Crippen molar-refractivity contribution in [3.63, 3.8) is 0 Å². The van der Waals surface area contributed by atoms with E-state index < -0.39 is 0 Å². The zero-order valence-corrected chi connectivity index (χ0v) is 12.4. The molecule has 19 heavy (non-hydrogen) atoms. The molecule has 1 aromatic heterocycles. The first-order chi connectivity index (χ1) is 9.30. The van der Waals surface area contributed by atoms with Crippen LogP contribution in [0.15, 0.2) is 29.6 Å².